The lowest BCUT2D eigenvalue weighted by atomic mass is 10.0. The minimum Gasteiger partial charge on any atom is -0.504 e. The van der Waals surface area contributed by atoms with Crippen molar-refractivity contribution in [3.05, 3.63) is 41.9 Å². The summed E-state index contributed by atoms with van der Waals surface area (Å²) in [4.78, 5) is 23.1. The number of aryl methyl sites for hydroxylation is 1. The summed E-state index contributed by atoms with van der Waals surface area (Å²) in [5.41, 5.74) is 1.06. The Morgan fingerprint density at radius 2 is 2.20 bits per heavy atom. The summed E-state index contributed by atoms with van der Waals surface area (Å²) >= 11 is 0. The van der Waals surface area contributed by atoms with Crippen LogP contribution in [0.15, 0.2) is 30.6 Å². The third-order valence-corrected chi connectivity index (χ3v) is 4.41. The van der Waals surface area contributed by atoms with Crippen LogP contribution in [-0.2, 0) is 6.42 Å². The normalized spacial score (nSPS) is 17.3. The van der Waals surface area contributed by atoms with Gasteiger partial charge in [0.25, 0.3) is 5.91 Å². The van der Waals surface area contributed by atoms with E-state index in [2.05, 4.69) is 20.2 Å². The lowest BCUT2D eigenvalue weighted by Gasteiger charge is -2.34. The molecule has 1 atom stereocenters. The molecule has 3 N–H and O–H groups in total. The number of aromatic hydroxyl groups is 2. The maximum atomic E-state index is 12.4. The number of piperidine rings is 1. The highest BCUT2D eigenvalue weighted by Gasteiger charge is 2.24. The molecule has 0 aliphatic carbocycles. The first-order valence-corrected chi connectivity index (χ1v) is 8.46. The molecule has 2 aromatic rings. The second-order valence-corrected chi connectivity index (χ2v) is 6.15. The van der Waals surface area contributed by atoms with Crippen molar-refractivity contribution in [2.75, 3.05) is 18.0 Å². The number of para-hydroxylation sites is 1. The Kier molecular flexibility index (Phi) is 5.02. The number of aromatic nitrogens is 2. The van der Waals surface area contributed by atoms with E-state index in [0.29, 0.717) is 6.54 Å². The third kappa shape index (κ3) is 3.81. The van der Waals surface area contributed by atoms with Crippen LogP contribution in [0.2, 0.25) is 0 Å². The van der Waals surface area contributed by atoms with Crippen LogP contribution < -0.4 is 10.2 Å². The van der Waals surface area contributed by atoms with Crippen LogP contribution >= 0.6 is 0 Å². The van der Waals surface area contributed by atoms with E-state index in [1.807, 2.05) is 13.0 Å². The van der Waals surface area contributed by atoms with Gasteiger partial charge in [0, 0.05) is 30.9 Å². The van der Waals surface area contributed by atoms with Crippen molar-refractivity contribution in [1.82, 2.24) is 15.3 Å². The number of benzene rings is 1. The second kappa shape index (κ2) is 7.38. The van der Waals surface area contributed by atoms with Gasteiger partial charge in [-0.05, 0) is 31.4 Å². The number of carbonyl (C=O) groups excluding carboxylic acids is 1. The summed E-state index contributed by atoms with van der Waals surface area (Å²) in [5.74, 6) is -0.217. The largest absolute Gasteiger partial charge is 0.504 e. The van der Waals surface area contributed by atoms with Crippen molar-refractivity contribution in [1.29, 1.82) is 0 Å². The van der Waals surface area contributed by atoms with Gasteiger partial charge in [0.15, 0.2) is 11.5 Å². The zero-order valence-electron chi connectivity index (χ0n) is 14.1. The van der Waals surface area contributed by atoms with Crippen LogP contribution in [0, 0.1) is 0 Å². The molecule has 0 spiro atoms. The topological polar surface area (TPSA) is 98.6 Å². The van der Waals surface area contributed by atoms with Gasteiger partial charge in [0.05, 0.1) is 5.56 Å². The number of rotatable bonds is 4. The fourth-order valence-electron chi connectivity index (χ4n) is 3.03. The molecule has 1 fully saturated rings. The SMILES string of the molecule is CCc1cc(N2CCC[C@H](NC(=O)c3cccc(O)c3O)C2)ncn1. The summed E-state index contributed by atoms with van der Waals surface area (Å²) in [6.45, 7) is 3.57. The number of carbonyl (C=O) groups is 1. The summed E-state index contributed by atoms with van der Waals surface area (Å²) in [6.07, 6.45) is 4.21. The number of amides is 1. The molecule has 1 aromatic carbocycles. The Hall–Kier alpha value is -2.83. The van der Waals surface area contributed by atoms with Crippen molar-refractivity contribution >= 4 is 11.7 Å². The molecule has 1 saturated heterocycles. The van der Waals surface area contributed by atoms with E-state index in [4.69, 9.17) is 0 Å². The van der Waals surface area contributed by atoms with Gasteiger partial charge in [0.2, 0.25) is 0 Å². The van der Waals surface area contributed by atoms with Crippen molar-refractivity contribution in [2.24, 2.45) is 0 Å². The van der Waals surface area contributed by atoms with E-state index in [1.165, 1.54) is 18.2 Å². The predicted molar refractivity (Wildman–Crippen MR) is 93.9 cm³/mol. The van der Waals surface area contributed by atoms with Crippen LogP contribution in [0.25, 0.3) is 0 Å². The molecule has 1 aliphatic heterocycles. The number of phenolic OH excluding ortho intramolecular Hbond substituents is 2. The molecule has 0 unspecified atom stereocenters. The van der Waals surface area contributed by atoms with Gasteiger partial charge < -0.3 is 20.4 Å². The van der Waals surface area contributed by atoms with Crippen molar-refractivity contribution in [3.8, 4) is 11.5 Å². The number of phenols is 2. The molecule has 7 nitrogen and oxygen atoms in total. The average molecular weight is 342 g/mol. The summed E-state index contributed by atoms with van der Waals surface area (Å²) in [7, 11) is 0. The molecule has 1 amide bonds. The van der Waals surface area contributed by atoms with E-state index in [1.54, 1.807) is 6.33 Å². The third-order valence-electron chi connectivity index (χ3n) is 4.41. The second-order valence-electron chi connectivity index (χ2n) is 6.15. The van der Waals surface area contributed by atoms with E-state index >= 15 is 0 Å². The maximum Gasteiger partial charge on any atom is 0.255 e. The zero-order valence-corrected chi connectivity index (χ0v) is 14.1. The summed E-state index contributed by atoms with van der Waals surface area (Å²) in [5, 5.41) is 22.3. The van der Waals surface area contributed by atoms with Crippen LogP contribution in [-0.4, -0.2) is 45.2 Å². The Balaban J connectivity index is 1.69. The Bertz CT molecular complexity index is 766. The first-order valence-electron chi connectivity index (χ1n) is 8.46. The summed E-state index contributed by atoms with van der Waals surface area (Å²) < 4.78 is 0. The van der Waals surface area contributed by atoms with Gasteiger partial charge in [-0.25, -0.2) is 9.97 Å². The first-order chi connectivity index (χ1) is 12.1. The number of hydrogen-bond donors (Lipinski definition) is 3. The minimum absolute atomic E-state index is 0.0527. The molecule has 0 saturated carbocycles. The van der Waals surface area contributed by atoms with Gasteiger partial charge in [-0.15, -0.1) is 0 Å². The fraction of sp³-hybridized carbons (Fsp3) is 0.389. The van der Waals surface area contributed by atoms with Crippen molar-refractivity contribution in [2.45, 2.75) is 32.2 Å². The summed E-state index contributed by atoms with van der Waals surface area (Å²) in [6, 6.07) is 6.29. The molecule has 0 bridgehead atoms. The van der Waals surface area contributed by atoms with Gasteiger partial charge in [0.1, 0.15) is 12.1 Å². The lowest BCUT2D eigenvalue weighted by molar-refractivity contribution is 0.0929. The first kappa shape index (κ1) is 17.0. The van der Waals surface area contributed by atoms with E-state index < -0.39 is 11.7 Å². The Morgan fingerprint density at radius 1 is 1.36 bits per heavy atom. The van der Waals surface area contributed by atoms with E-state index in [-0.39, 0.29) is 17.4 Å². The van der Waals surface area contributed by atoms with Crippen LogP contribution in [0.5, 0.6) is 11.5 Å². The Morgan fingerprint density at radius 3 is 3.00 bits per heavy atom. The Labute approximate surface area is 146 Å². The molecular formula is C18H22N4O3. The van der Waals surface area contributed by atoms with E-state index in [0.717, 1.165) is 37.3 Å². The lowest BCUT2D eigenvalue weighted by Crippen LogP contribution is -2.48. The van der Waals surface area contributed by atoms with Gasteiger partial charge in [-0.1, -0.05) is 13.0 Å². The molecule has 132 valence electrons. The maximum absolute atomic E-state index is 12.4. The number of anilines is 1. The average Bonchev–Trinajstić information content (AvgIpc) is 2.64. The molecule has 7 heteroatoms. The van der Waals surface area contributed by atoms with E-state index in [9.17, 15) is 15.0 Å². The highest BCUT2D eigenvalue weighted by molar-refractivity contribution is 5.97. The minimum atomic E-state index is -0.393. The molecule has 1 aliphatic rings. The highest BCUT2D eigenvalue weighted by atomic mass is 16.3. The quantitative estimate of drug-likeness (QED) is 0.734. The van der Waals surface area contributed by atoms with Crippen LogP contribution in [0.4, 0.5) is 5.82 Å². The zero-order chi connectivity index (χ0) is 17.8. The molecular weight excluding hydrogens is 320 g/mol. The van der Waals surface area contributed by atoms with Crippen LogP contribution in [0.1, 0.15) is 35.8 Å². The van der Waals surface area contributed by atoms with Gasteiger partial charge in [-0.2, -0.15) is 0 Å². The smallest absolute Gasteiger partial charge is 0.255 e. The molecule has 1 aromatic heterocycles. The van der Waals surface area contributed by atoms with Crippen molar-refractivity contribution in [3.63, 3.8) is 0 Å². The molecule has 0 radical (unpaired) electrons. The van der Waals surface area contributed by atoms with Gasteiger partial charge >= 0.3 is 0 Å². The van der Waals surface area contributed by atoms with Gasteiger partial charge in [-0.3, -0.25) is 4.79 Å². The molecule has 2 heterocycles. The van der Waals surface area contributed by atoms with Crippen molar-refractivity contribution < 1.29 is 15.0 Å². The number of nitrogens with zero attached hydrogens (tertiary/aromatic N) is 3. The monoisotopic (exact) mass is 342 g/mol. The molecule has 3 rings (SSSR count). The fourth-order valence-corrected chi connectivity index (χ4v) is 3.03. The molecule has 25 heavy (non-hydrogen) atoms. The predicted octanol–water partition coefficient (Wildman–Crippen LogP) is 1.85. The number of nitrogens with one attached hydrogen (secondary N) is 1. The highest BCUT2D eigenvalue weighted by Crippen LogP contribution is 2.28. The standard InChI is InChI=1S/C18H22N4O3/c1-2-12-9-16(20-11-19-12)22-8-4-5-13(10-22)21-18(25)14-6-3-7-15(23)17(14)24/h3,6-7,9,11,13,23-24H,2,4-5,8,10H2,1H3,(H,21,25)/t13-/m0/s1. The number of hydrogen-bond acceptors (Lipinski definition) is 6. The van der Waals surface area contributed by atoms with Crippen LogP contribution in [0.3, 0.4) is 0 Å².